The molecule has 0 aliphatic heterocycles. The van der Waals surface area contributed by atoms with Crippen LogP contribution in [0.2, 0.25) is 0 Å². The molecule has 1 N–H and O–H groups in total. The molecule has 0 saturated carbocycles. The highest BCUT2D eigenvalue weighted by Crippen LogP contribution is 2.24. The van der Waals surface area contributed by atoms with Crippen LogP contribution in [-0.2, 0) is 16.3 Å². The lowest BCUT2D eigenvalue weighted by molar-refractivity contribution is 0.602. The van der Waals surface area contributed by atoms with Crippen LogP contribution in [0.1, 0.15) is 5.56 Å². The molecule has 3 aromatic rings. The Labute approximate surface area is 136 Å². The van der Waals surface area contributed by atoms with Gasteiger partial charge in [-0.15, -0.1) is 0 Å². The third-order valence-corrected chi connectivity index (χ3v) is 4.82. The topological polar surface area (TPSA) is 59.1 Å². The number of anilines is 1. The summed E-state index contributed by atoms with van der Waals surface area (Å²) in [5.74, 6) is 0. The van der Waals surface area contributed by atoms with E-state index in [4.69, 9.17) is 0 Å². The first kappa shape index (κ1) is 15.5. The fourth-order valence-corrected chi connectivity index (χ4v) is 3.14. The Morgan fingerprint density at radius 3 is 2.57 bits per heavy atom. The second kappa shape index (κ2) is 6.38. The number of hydrogen-bond donors (Lipinski definition) is 1. The van der Waals surface area contributed by atoms with Crippen molar-refractivity contribution in [1.29, 1.82) is 0 Å². The second-order valence-electron chi connectivity index (χ2n) is 5.47. The van der Waals surface area contributed by atoms with E-state index in [-0.39, 0.29) is 0 Å². The molecular weight excluding hydrogens is 308 g/mol. The molecule has 0 radical (unpaired) electrons. The Bertz CT molecular complexity index is 922. The Morgan fingerprint density at radius 1 is 1.04 bits per heavy atom. The van der Waals surface area contributed by atoms with Gasteiger partial charge in [0.25, 0.3) is 0 Å². The summed E-state index contributed by atoms with van der Waals surface area (Å²) < 4.78 is 23.5. The van der Waals surface area contributed by atoms with E-state index in [0.717, 1.165) is 29.6 Å². The van der Waals surface area contributed by atoms with E-state index in [9.17, 15) is 8.42 Å². The number of pyridine rings is 1. The molecular formula is C18H18N2O2S. The molecule has 1 heterocycles. The molecule has 0 amide bonds. The van der Waals surface area contributed by atoms with Crippen LogP contribution in [0.4, 0.5) is 5.69 Å². The second-order valence-corrected chi connectivity index (χ2v) is 7.49. The zero-order chi connectivity index (χ0) is 16.3. The molecule has 4 nitrogen and oxygen atoms in total. The number of aromatic nitrogens is 1. The summed E-state index contributed by atoms with van der Waals surface area (Å²) in [5.41, 5.74) is 2.94. The van der Waals surface area contributed by atoms with Gasteiger partial charge in [0.2, 0.25) is 0 Å². The number of hydrogen-bond acceptors (Lipinski definition) is 4. The molecule has 2 aromatic carbocycles. The van der Waals surface area contributed by atoms with Crippen LogP contribution in [0.25, 0.3) is 10.9 Å². The van der Waals surface area contributed by atoms with Gasteiger partial charge >= 0.3 is 0 Å². The summed E-state index contributed by atoms with van der Waals surface area (Å²) in [4.78, 5) is 4.61. The summed E-state index contributed by atoms with van der Waals surface area (Å²) in [7, 11) is -3.23. The highest BCUT2D eigenvalue weighted by molar-refractivity contribution is 7.90. The normalized spacial score (nSPS) is 11.5. The van der Waals surface area contributed by atoms with Gasteiger partial charge < -0.3 is 5.32 Å². The maximum absolute atomic E-state index is 11.7. The van der Waals surface area contributed by atoms with Crippen LogP contribution < -0.4 is 5.32 Å². The van der Waals surface area contributed by atoms with Gasteiger partial charge in [0.05, 0.1) is 10.4 Å². The fourth-order valence-electron chi connectivity index (χ4n) is 2.50. The molecule has 0 atom stereocenters. The van der Waals surface area contributed by atoms with Gasteiger partial charge in [-0.1, -0.05) is 30.3 Å². The number of nitrogens with one attached hydrogen (secondary N) is 1. The fraction of sp³-hybridized carbons (Fsp3) is 0.167. The van der Waals surface area contributed by atoms with Crippen molar-refractivity contribution in [3.63, 3.8) is 0 Å². The Hall–Kier alpha value is -2.40. The molecule has 0 aliphatic carbocycles. The van der Waals surface area contributed by atoms with Crippen molar-refractivity contribution in [2.75, 3.05) is 18.1 Å². The van der Waals surface area contributed by atoms with E-state index < -0.39 is 9.84 Å². The molecule has 0 bridgehead atoms. The minimum absolute atomic E-state index is 0.309. The molecule has 3 rings (SSSR count). The van der Waals surface area contributed by atoms with Crippen LogP contribution in [0.3, 0.4) is 0 Å². The average Bonchev–Trinajstić information content (AvgIpc) is 2.55. The summed E-state index contributed by atoms with van der Waals surface area (Å²) in [6, 6.07) is 17.1. The standard InChI is InChI=1S/C18H18N2O2S/c1-23(21,22)15-7-8-17-16(13-15)18(10-12-20-17)19-11-9-14-5-3-2-4-6-14/h2-8,10,12-13H,9,11H2,1H3,(H,19,20). The van der Waals surface area contributed by atoms with Crippen molar-refractivity contribution in [2.45, 2.75) is 11.3 Å². The van der Waals surface area contributed by atoms with Crippen molar-refractivity contribution in [2.24, 2.45) is 0 Å². The van der Waals surface area contributed by atoms with Crippen molar-refractivity contribution in [1.82, 2.24) is 4.98 Å². The maximum atomic E-state index is 11.7. The van der Waals surface area contributed by atoms with Gasteiger partial charge in [-0.3, -0.25) is 4.98 Å². The van der Waals surface area contributed by atoms with E-state index >= 15 is 0 Å². The largest absolute Gasteiger partial charge is 0.384 e. The first-order valence-corrected chi connectivity index (χ1v) is 9.30. The molecule has 1 aromatic heterocycles. The molecule has 23 heavy (non-hydrogen) atoms. The Morgan fingerprint density at radius 2 is 1.83 bits per heavy atom. The Kier molecular flexibility index (Phi) is 4.30. The zero-order valence-electron chi connectivity index (χ0n) is 12.9. The monoisotopic (exact) mass is 326 g/mol. The van der Waals surface area contributed by atoms with Gasteiger partial charge in [0, 0.05) is 30.1 Å². The molecule has 118 valence electrons. The van der Waals surface area contributed by atoms with Gasteiger partial charge in [0.15, 0.2) is 9.84 Å². The van der Waals surface area contributed by atoms with Crippen LogP contribution in [0.15, 0.2) is 65.7 Å². The van der Waals surface area contributed by atoms with Crippen molar-refractivity contribution in [3.05, 3.63) is 66.4 Å². The number of rotatable bonds is 5. The van der Waals surface area contributed by atoms with E-state index in [1.165, 1.54) is 11.8 Å². The minimum atomic E-state index is -3.23. The Balaban J connectivity index is 1.85. The van der Waals surface area contributed by atoms with Crippen molar-refractivity contribution in [3.8, 4) is 0 Å². The van der Waals surface area contributed by atoms with Crippen LogP contribution in [0, 0.1) is 0 Å². The lowest BCUT2D eigenvalue weighted by Crippen LogP contribution is -2.06. The first-order valence-electron chi connectivity index (χ1n) is 7.41. The number of sulfone groups is 1. The summed E-state index contributed by atoms with van der Waals surface area (Å²) in [6.07, 6.45) is 3.84. The molecule has 0 fully saturated rings. The van der Waals surface area contributed by atoms with Crippen LogP contribution in [0.5, 0.6) is 0 Å². The number of benzene rings is 2. The predicted molar refractivity (Wildman–Crippen MR) is 93.5 cm³/mol. The maximum Gasteiger partial charge on any atom is 0.175 e. The molecule has 0 spiro atoms. The van der Waals surface area contributed by atoms with Gasteiger partial charge in [-0.2, -0.15) is 0 Å². The average molecular weight is 326 g/mol. The SMILES string of the molecule is CS(=O)(=O)c1ccc2nccc(NCCc3ccccc3)c2c1. The van der Waals surface area contributed by atoms with Crippen molar-refractivity contribution < 1.29 is 8.42 Å². The summed E-state index contributed by atoms with van der Waals surface area (Å²) >= 11 is 0. The summed E-state index contributed by atoms with van der Waals surface area (Å²) in [6.45, 7) is 0.770. The number of fused-ring (bicyclic) bond motifs is 1. The third kappa shape index (κ3) is 3.68. The van der Waals surface area contributed by atoms with E-state index in [2.05, 4.69) is 22.4 Å². The molecule has 5 heteroatoms. The van der Waals surface area contributed by atoms with Gasteiger partial charge in [0.1, 0.15) is 0 Å². The van der Waals surface area contributed by atoms with E-state index in [1.807, 2.05) is 24.3 Å². The van der Waals surface area contributed by atoms with Crippen molar-refractivity contribution >= 4 is 26.4 Å². The predicted octanol–water partition coefficient (Wildman–Crippen LogP) is 3.29. The van der Waals surface area contributed by atoms with Gasteiger partial charge in [-0.05, 0) is 36.2 Å². The lowest BCUT2D eigenvalue weighted by atomic mass is 10.1. The zero-order valence-corrected chi connectivity index (χ0v) is 13.7. The van der Waals surface area contributed by atoms with E-state index in [1.54, 1.807) is 24.4 Å². The van der Waals surface area contributed by atoms with E-state index in [0.29, 0.717) is 4.90 Å². The van der Waals surface area contributed by atoms with Crippen LogP contribution >= 0.6 is 0 Å². The number of nitrogens with zero attached hydrogens (tertiary/aromatic N) is 1. The summed E-state index contributed by atoms with van der Waals surface area (Å²) in [5, 5.41) is 4.20. The highest BCUT2D eigenvalue weighted by atomic mass is 32.2. The van der Waals surface area contributed by atoms with Gasteiger partial charge in [-0.25, -0.2) is 8.42 Å². The molecule has 0 aliphatic rings. The molecule has 0 saturated heterocycles. The molecule has 0 unspecified atom stereocenters. The smallest absolute Gasteiger partial charge is 0.175 e. The lowest BCUT2D eigenvalue weighted by Gasteiger charge is -2.10. The van der Waals surface area contributed by atoms with Crippen LogP contribution in [-0.4, -0.2) is 26.2 Å². The minimum Gasteiger partial charge on any atom is -0.384 e. The quantitative estimate of drug-likeness (QED) is 0.781. The third-order valence-electron chi connectivity index (χ3n) is 3.71. The highest BCUT2D eigenvalue weighted by Gasteiger charge is 2.10. The first-order chi connectivity index (χ1) is 11.0.